The van der Waals surface area contributed by atoms with Crippen molar-refractivity contribution in [1.29, 1.82) is 0 Å². The van der Waals surface area contributed by atoms with E-state index in [-0.39, 0.29) is 29.7 Å². The highest BCUT2D eigenvalue weighted by atomic mass is 16.2. The Labute approximate surface area is 146 Å². The molecule has 0 bridgehead atoms. The number of hydrogen-bond acceptors (Lipinski definition) is 3. The molecule has 0 aliphatic carbocycles. The summed E-state index contributed by atoms with van der Waals surface area (Å²) in [6, 6.07) is 14.1. The zero-order valence-electron chi connectivity index (χ0n) is 14.1. The number of aryl methyl sites for hydroxylation is 1. The monoisotopic (exact) mass is 338 g/mol. The minimum absolute atomic E-state index is 0.0131. The van der Waals surface area contributed by atoms with Crippen LogP contribution in [0.5, 0.6) is 0 Å². The predicted octanol–water partition coefficient (Wildman–Crippen LogP) is 2.50. The molecule has 5 heteroatoms. The smallest absolute Gasteiger partial charge is 0.250 e. The average Bonchev–Trinajstić information content (AvgIpc) is 3.09. The van der Waals surface area contributed by atoms with Gasteiger partial charge in [0, 0.05) is 49.8 Å². The number of carbonyl (C=O) groups is 2. The second-order valence-corrected chi connectivity index (χ2v) is 6.36. The third-order valence-electron chi connectivity index (χ3n) is 4.68. The lowest BCUT2D eigenvalue weighted by atomic mass is 10.0. The number of rotatable bonds is 6. The van der Waals surface area contributed by atoms with Crippen LogP contribution in [0.4, 0.5) is 0 Å². The number of benzene rings is 1. The maximum atomic E-state index is 12.6. The molecule has 0 radical (unpaired) electrons. The van der Waals surface area contributed by atoms with Gasteiger partial charge in [-0.1, -0.05) is 36.4 Å². The van der Waals surface area contributed by atoms with Crippen molar-refractivity contribution in [2.24, 2.45) is 0 Å². The Morgan fingerprint density at radius 2 is 1.80 bits per heavy atom. The third kappa shape index (κ3) is 4.24. The van der Waals surface area contributed by atoms with Crippen molar-refractivity contribution in [3.8, 4) is 0 Å². The van der Waals surface area contributed by atoms with E-state index < -0.39 is 0 Å². The summed E-state index contributed by atoms with van der Waals surface area (Å²) in [7, 11) is 0. The zero-order valence-corrected chi connectivity index (χ0v) is 14.1. The predicted molar refractivity (Wildman–Crippen MR) is 95.4 cm³/mol. The number of hydrogen-bond donors (Lipinski definition) is 0. The minimum atomic E-state index is -0.104. The van der Waals surface area contributed by atoms with Crippen LogP contribution in [0.3, 0.4) is 0 Å². The van der Waals surface area contributed by atoms with Gasteiger partial charge in [0.15, 0.2) is 5.78 Å². The summed E-state index contributed by atoms with van der Waals surface area (Å²) in [4.78, 5) is 38.5. The van der Waals surface area contributed by atoms with E-state index in [4.69, 9.17) is 0 Å². The number of nitrogens with zero attached hydrogens (tertiary/aromatic N) is 2. The Morgan fingerprint density at radius 3 is 2.56 bits per heavy atom. The Kier molecular flexibility index (Phi) is 5.43. The van der Waals surface area contributed by atoms with Gasteiger partial charge in [0.25, 0.3) is 5.56 Å². The molecule has 0 saturated carbocycles. The van der Waals surface area contributed by atoms with Crippen molar-refractivity contribution in [2.75, 3.05) is 6.54 Å². The molecule has 1 aromatic carbocycles. The van der Waals surface area contributed by atoms with E-state index in [9.17, 15) is 14.4 Å². The third-order valence-corrected chi connectivity index (χ3v) is 4.68. The molecule has 1 atom stereocenters. The van der Waals surface area contributed by atoms with Gasteiger partial charge in [0.05, 0.1) is 0 Å². The lowest BCUT2D eigenvalue weighted by molar-refractivity contribution is -0.132. The van der Waals surface area contributed by atoms with Crippen molar-refractivity contribution < 1.29 is 9.59 Å². The lowest BCUT2D eigenvalue weighted by Gasteiger charge is -2.24. The quantitative estimate of drug-likeness (QED) is 0.761. The molecular weight excluding hydrogens is 316 g/mol. The number of likely N-dealkylation sites (tertiary alicyclic amines) is 1. The first-order chi connectivity index (χ1) is 12.1. The highest BCUT2D eigenvalue weighted by Crippen LogP contribution is 2.22. The molecular formula is C20H22N2O3. The van der Waals surface area contributed by atoms with E-state index in [0.29, 0.717) is 25.1 Å². The van der Waals surface area contributed by atoms with E-state index in [1.54, 1.807) is 18.3 Å². The maximum Gasteiger partial charge on any atom is 0.250 e. The number of carbonyl (C=O) groups excluding carboxylic acids is 2. The van der Waals surface area contributed by atoms with Gasteiger partial charge in [0.2, 0.25) is 5.91 Å². The Bertz CT molecular complexity index is 798. The van der Waals surface area contributed by atoms with Crippen LogP contribution in [0.2, 0.25) is 0 Å². The van der Waals surface area contributed by atoms with Crippen molar-refractivity contribution >= 4 is 11.7 Å². The van der Waals surface area contributed by atoms with Crippen LogP contribution in [0.1, 0.15) is 36.0 Å². The molecule has 1 aliphatic heterocycles. The van der Waals surface area contributed by atoms with E-state index in [1.165, 1.54) is 10.6 Å². The van der Waals surface area contributed by atoms with Crippen LogP contribution >= 0.6 is 0 Å². The first-order valence-electron chi connectivity index (χ1n) is 8.68. The first-order valence-corrected chi connectivity index (χ1v) is 8.68. The van der Waals surface area contributed by atoms with Crippen LogP contribution in [0.15, 0.2) is 59.5 Å². The Morgan fingerprint density at radius 1 is 1.04 bits per heavy atom. The van der Waals surface area contributed by atoms with Crippen LogP contribution < -0.4 is 5.56 Å². The molecule has 1 aromatic heterocycles. The minimum Gasteiger partial charge on any atom is -0.339 e. The molecule has 5 nitrogen and oxygen atoms in total. The molecule has 1 fully saturated rings. The molecule has 1 aliphatic rings. The molecule has 1 saturated heterocycles. The fraction of sp³-hybridized carbons (Fsp3) is 0.350. The molecule has 0 N–H and O–H groups in total. The van der Waals surface area contributed by atoms with Gasteiger partial charge in [-0.2, -0.15) is 0 Å². The SMILES string of the molecule is O=C(C[C@H]1CCCN1C(=O)CCn1ccccc1=O)c1ccccc1. The zero-order chi connectivity index (χ0) is 17.6. The van der Waals surface area contributed by atoms with Crippen molar-refractivity contribution in [2.45, 2.75) is 38.3 Å². The number of ketones is 1. The summed E-state index contributed by atoms with van der Waals surface area (Å²) in [5.41, 5.74) is 0.588. The van der Waals surface area contributed by atoms with Gasteiger partial charge in [-0.25, -0.2) is 0 Å². The summed E-state index contributed by atoms with van der Waals surface area (Å²) in [6.45, 7) is 1.06. The standard InChI is InChI=1S/C20H22N2O3/c23-18(16-7-2-1-3-8-16)15-17-9-6-13-22(17)20(25)11-14-21-12-5-4-10-19(21)24/h1-5,7-8,10,12,17H,6,9,11,13-15H2/t17-/m1/s1. The largest absolute Gasteiger partial charge is 0.339 e. The molecule has 0 spiro atoms. The Hall–Kier alpha value is -2.69. The highest BCUT2D eigenvalue weighted by molar-refractivity contribution is 5.96. The molecule has 1 amide bonds. The fourth-order valence-corrected chi connectivity index (χ4v) is 3.34. The summed E-state index contributed by atoms with van der Waals surface area (Å²) in [5.74, 6) is 0.0868. The van der Waals surface area contributed by atoms with Gasteiger partial charge in [-0.05, 0) is 18.9 Å². The number of pyridine rings is 1. The van der Waals surface area contributed by atoms with Crippen LogP contribution in [-0.2, 0) is 11.3 Å². The van der Waals surface area contributed by atoms with Crippen molar-refractivity contribution in [1.82, 2.24) is 9.47 Å². The van der Waals surface area contributed by atoms with Crippen LogP contribution in [0, 0.1) is 0 Å². The van der Waals surface area contributed by atoms with Gasteiger partial charge in [-0.3, -0.25) is 14.4 Å². The van der Waals surface area contributed by atoms with Gasteiger partial charge in [-0.15, -0.1) is 0 Å². The van der Waals surface area contributed by atoms with E-state index >= 15 is 0 Å². The average molecular weight is 338 g/mol. The van der Waals surface area contributed by atoms with Crippen molar-refractivity contribution in [3.05, 3.63) is 70.6 Å². The summed E-state index contributed by atoms with van der Waals surface area (Å²) >= 11 is 0. The topological polar surface area (TPSA) is 59.4 Å². The highest BCUT2D eigenvalue weighted by Gasteiger charge is 2.30. The number of aromatic nitrogens is 1. The van der Waals surface area contributed by atoms with Crippen molar-refractivity contribution in [3.63, 3.8) is 0 Å². The van der Waals surface area contributed by atoms with Crippen LogP contribution in [-0.4, -0.2) is 33.7 Å². The number of amides is 1. The van der Waals surface area contributed by atoms with Gasteiger partial charge >= 0.3 is 0 Å². The first kappa shape index (κ1) is 17.1. The normalized spacial score (nSPS) is 16.8. The molecule has 0 unspecified atom stereocenters. The van der Waals surface area contributed by atoms with E-state index in [0.717, 1.165) is 12.8 Å². The summed E-state index contributed by atoms with van der Waals surface area (Å²) < 4.78 is 1.54. The lowest BCUT2D eigenvalue weighted by Crippen LogP contribution is -2.37. The molecule has 3 rings (SSSR count). The Balaban J connectivity index is 1.59. The molecule has 130 valence electrons. The summed E-state index contributed by atoms with van der Waals surface area (Å²) in [6.07, 6.45) is 4.11. The maximum absolute atomic E-state index is 12.6. The second-order valence-electron chi connectivity index (χ2n) is 6.36. The van der Waals surface area contributed by atoms with Crippen LogP contribution in [0.25, 0.3) is 0 Å². The van der Waals surface area contributed by atoms with Gasteiger partial charge < -0.3 is 9.47 Å². The van der Waals surface area contributed by atoms with E-state index in [1.807, 2.05) is 35.2 Å². The summed E-state index contributed by atoms with van der Waals surface area (Å²) in [5, 5.41) is 0. The molecule has 25 heavy (non-hydrogen) atoms. The molecule has 2 aromatic rings. The fourth-order valence-electron chi connectivity index (χ4n) is 3.34. The molecule has 2 heterocycles. The van der Waals surface area contributed by atoms with E-state index in [2.05, 4.69) is 0 Å². The number of Topliss-reactive ketones (excluding diaryl/α,β-unsaturated/α-hetero) is 1. The second kappa shape index (κ2) is 7.92. The van der Waals surface area contributed by atoms with Gasteiger partial charge in [0.1, 0.15) is 0 Å².